The number of hydrogen-bond donors (Lipinski definition) is 4. The SMILES string of the molecule is Cc1ccc(Cl)cc1Nc1ncnc(NNC(=O)c2ccc(Cl)cc2)c1N. The predicted octanol–water partition coefficient (Wildman–Crippen LogP) is 4.17. The van der Waals surface area contributed by atoms with Crippen molar-refractivity contribution in [1.82, 2.24) is 15.4 Å². The molecular weight excluding hydrogens is 387 g/mol. The van der Waals surface area contributed by atoms with E-state index in [1.807, 2.05) is 13.0 Å². The predicted molar refractivity (Wildman–Crippen MR) is 108 cm³/mol. The number of nitrogens with zero attached hydrogens (tertiary/aromatic N) is 2. The first-order chi connectivity index (χ1) is 12.9. The molecule has 0 saturated heterocycles. The summed E-state index contributed by atoms with van der Waals surface area (Å²) >= 11 is 11.9. The van der Waals surface area contributed by atoms with Crippen molar-refractivity contribution in [1.29, 1.82) is 0 Å². The van der Waals surface area contributed by atoms with E-state index in [1.54, 1.807) is 36.4 Å². The van der Waals surface area contributed by atoms with Crippen molar-refractivity contribution in [2.24, 2.45) is 0 Å². The number of amides is 1. The molecule has 9 heteroatoms. The molecule has 0 spiro atoms. The Hall–Kier alpha value is -3.03. The number of hydrogen-bond acceptors (Lipinski definition) is 6. The lowest BCUT2D eigenvalue weighted by atomic mass is 10.2. The van der Waals surface area contributed by atoms with Gasteiger partial charge < -0.3 is 11.1 Å². The van der Waals surface area contributed by atoms with Crippen LogP contribution in [-0.2, 0) is 0 Å². The molecule has 1 heterocycles. The quantitative estimate of drug-likeness (QED) is 0.477. The van der Waals surface area contributed by atoms with Crippen molar-refractivity contribution in [3.63, 3.8) is 0 Å². The average molecular weight is 403 g/mol. The Bertz CT molecular complexity index is 978. The fraction of sp³-hybridized carbons (Fsp3) is 0.0556. The van der Waals surface area contributed by atoms with Crippen LogP contribution in [0.2, 0.25) is 10.0 Å². The van der Waals surface area contributed by atoms with E-state index in [9.17, 15) is 4.79 Å². The zero-order valence-electron chi connectivity index (χ0n) is 14.3. The minimum atomic E-state index is -0.357. The number of carbonyl (C=O) groups is 1. The molecule has 7 nitrogen and oxygen atoms in total. The van der Waals surface area contributed by atoms with Crippen LogP contribution in [-0.4, -0.2) is 15.9 Å². The summed E-state index contributed by atoms with van der Waals surface area (Å²) in [7, 11) is 0. The number of carbonyl (C=O) groups excluding carboxylic acids is 1. The molecule has 1 aromatic heterocycles. The summed E-state index contributed by atoms with van der Waals surface area (Å²) in [5.41, 5.74) is 13.8. The maximum Gasteiger partial charge on any atom is 0.269 e. The Morgan fingerprint density at radius 1 is 1.00 bits per heavy atom. The molecule has 138 valence electrons. The van der Waals surface area contributed by atoms with Crippen molar-refractivity contribution in [2.45, 2.75) is 6.92 Å². The summed E-state index contributed by atoms with van der Waals surface area (Å²) in [6.07, 6.45) is 1.33. The molecule has 0 radical (unpaired) electrons. The minimum absolute atomic E-state index is 0.244. The van der Waals surface area contributed by atoms with Gasteiger partial charge in [0.15, 0.2) is 11.6 Å². The molecule has 0 bridgehead atoms. The van der Waals surface area contributed by atoms with Gasteiger partial charge in [0.2, 0.25) is 0 Å². The summed E-state index contributed by atoms with van der Waals surface area (Å²) in [4.78, 5) is 20.4. The second-order valence-corrected chi connectivity index (χ2v) is 6.53. The number of aromatic nitrogens is 2. The van der Waals surface area contributed by atoms with Crippen LogP contribution >= 0.6 is 23.2 Å². The summed E-state index contributed by atoms with van der Waals surface area (Å²) < 4.78 is 0. The Labute approximate surface area is 165 Å². The molecule has 2 aromatic carbocycles. The Balaban J connectivity index is 1.74. The summed E-state index contributed by atoms with van der Waals surface area (Å²) in [6, 6.07) is 11.9. The van der Waals surface area contributed by atoms with E-state index >= 15 is 0 Å². The van der Waals surface area contributed by atoms with Gasteiger partial charge in [0.25, 0.3) is 5.91 Å². The van der Waals surface area contributed by atoms with Crippen LogP contribution in [0.25, 0.3) is 0 Å². The average Bonchev–Trinajstić information content (AvgIpc) is 2.65. The lowest BCUT2D eigenvalue weighted by molar-refractivity contribution is 0.0962. The molecule has 0 aliphatic heterocycles. The minimum Gasteiger partial charge on any atom is -0.393 e. The van der Waals surface area contributed by atoms with Crippen LogP contribution in [0, 0.1) is 6.92 Å². The third kappa shape index (κ3) is 4.58. The molecule has 0 fully saturated rings. The van der Waals surface area contributed by atoms with Crippen LogP contribution in [0.5, 0.6) is 0 Å². The first kappa shape index (κ1) is 18.8. The first-order valence-electron chi connectivity index (χ1n) is 7.89. The number of hydrazine groups is 1. The van der Waals surface area contributed by atoms with Crippen LogP contribution in [0.4, 0.5) is 23.0 Å². The van der Waals surface area contributed by atoms with Crippen LogP contribution in [0.1, 0.15) is 15.9 Å². The molecule has 0 saturated carbocycles. The third-order valence-electron chi connectivity index (χ3n) is 3.74. The van der Waals surface area contributed by atoms with Gasteiger partial charge in [0, 0.05) is 21.3 Å². The molecule has 0 unspecified atom stereocenters. The second-order valence-electron chi connectivity index (χ2n) is 5.65. The lowest BCUT2D eigenvalue weighted by Crippen LogP contribution is -2.30. The first-order valence-corrected chi connectivity index (χ1v) is 8.65. The van der Waals surface area contributed by atoms with Gasteiger partial charge in [-0.2, -0.15) is 0 Å². The molecule has 0 aliphatic carbocycles. The smallest absolute Gasteiger partial charge is 0.269 e. The van der Waals surface area contributed by atoms with Crippen molar-refractivity contribution in [3.8, 4) is 0 Å². The van der Waals surface area contributed by atoms with Gasteiger partial charge in [-0.1, -0.05) is 29.3 Å². The highest BCUT2D eigenvalue weighted by Crippen LogP contribution is 2.28. The van der Waals surface area contributed by atoms with Gasteiger partial charge in [-0.05, 0) is 48.9 Å². The van der Waals surface area contributed by atoms with Crippen LogP contribution < -0.4 is 21.9 Å². The Morgan fingerprint density at radius 3 is 2.41 bits per heavy atom. The van der Waals surface area contributed by atoms with E-state index in [1.165, 1.54) is 6.33 Å². The number of anilines is 4. The van der Waals surface area contributed by atoms with Crippen molar-refractivity contribution in [2.75, 3.05) is 16.5 Å². The van der Waals surface area contributed by atoms with E-state index in [-0.39, 0.29) is 17.4 Å². The second kappa shape index (κ2) is 8.11. The highest BCUT2D eigenvalue weighted by molar-refractivity contribution is 6.31. The standard InChI is InChI=1S/C18H16Cl2N6O/c1-10-2-5-13(20)8-14(10)24-16-15(21)17(23-9-22-16)25-26-18(27)11-3-6-12(19)7-4-11/h2-9H,21H2,1H3,(H,26,27)(H2,22,23,24,25). The van der Waals surface area contributed by atoms with Crippen LogP contribution in [0.15, 0.2) is 48.8 Å². The topological polar surface area (TPSA) is 105 Å². The van der Waals surface area contributed by atoms with Gasteiger partial charge in [0.1, 0.15) is 12.0 Å². The number of benzene rings is 2. The van der Waals surface area contributed by atoms with Gasteiger partial charge in [-0.3, -0.25) is 15.6 Å². The van der Waals surface area contributed by atoms with Crippen molar-refractivity contribution in [3.05, 3.63) is 70.0 Å². The molecule has 0 aliphatic rings. The van der Waals surface area contributed by atoms with E-state index in [4.69, 9.17) is 28.9 Å². The fourth-order valence-electron chi connectivity index (χ4n) is 2.24. The number of nitrogen functional groups attached to an aromatic ring is 1. The molecule has 27 heavy (non-hydrogen) atoms. The fourth-order valence-corrected chi connectivity index (χ4v) is 2.54. The normalized spacial score (nSPS) is 10.3. The summed E-state index contributed by atoms with van der Waals surface area (Å²) in [6.45, 7) is 1.93. The lowest BCUT2D eigenvalue weighted by Gasteiger charge is -2.14. The van der Waals surface area contributed by atoms with E-state index < -0.39 is 0 Å². The maximum absolute atomic E-state index is 12.2. The third-order valence-corrected chi connectivity index (χ3v) is 4.22. The van der Waals surface area contributed by atoms with E-state index in [0.29, 0.717) is 21.4 Å². The molecule has 0 atom stereocenters. The Kier molecular flexibility index (Phi) is 5.63. The molecule has 3 rings (SSSR count). The van der Waals surface area contributed by atoms with E-state index in [2.05, 4.69) is 26.1 Å². The molecule has 5 N–H and O–H groups in total. The van der Waals surface area contributed by atoms with Gasteiger partial charge in [0.05, 0.1) is 0 Å². The monoisotopic (exact) mass is 402 g/mol. The summed E-state index contributed by atoms with van der Waals surface area (Å²) in [5, 5.41) is 4.25. The van der Waals surface area contributed by atoms with Gasteiger partial charge in [-0.15, -0.1) is 0 Å². The molecular formula is C18H16Cl2N6O. The van der Waals surface area contributed by atoms with Crippen molar-refractivity contribution < 1.29 is 4.79 Å². The molecule has 1 amide bonds. The van der Waals surface area contributed by atoms with Gasteiger partial charge in [-0.25, -0.2) is 9.97 Å². The Morgan fingerprint density at radius 2 is 1.67 bits per heavy atom. The van der Waals surface area contributed by atoms with Gasteiger partial charge >= 0.3 is 0 Å². The number of halogens is 2. The zero-order chi connectivity index (χ0) is 19.4. The number of nitrogens with one attached hydrogen (secondary N) is 3. The zero-order valence-corrected chi connectivity index (χ0v) is 15.8. The molecule has 3 aromatic rings. The number of nitrogens with two attached hydrogens (primary N) is 1. The highest BCUT2D eigenvalue weighted by Gasteiger charge is 2.11. The summed E-state index contributed by atoms with van der Waals surface area (Å²) in [5.74, 6) is 0.290. The largest absolute Gasteiger partial charge is 0.393 e. The maximum atomic E-state index is 12.2. The van der Waals surface area contributed by atoms with E-state index in [0.717, 1.165) is 11.3 Å². The highest BCUT2D eigenvalue weighted by atomic mass is 35.5. The van der Waals surface area contributed by atoms with Crippen molar-refractivity contribution >= 4 is 52.1 Å². The number of rotatable bonds is 5. The number of aryl methyl sites for hydroxylation is 1. The van der Waals surface area contributed by atoms with Crippen LogP contribution in [0.3, 0.4) is 0 Å².